The summed E-state index contributed by atoms with van der Waals surface area (Å²) in [6, 6.07) is 7.18. The fourth-order valence-corrected chi connectivity index (χ4v) is 3.26. The zero-order valence-corrected chi connectivity index (χ0v) is 17.2. The van der Waals surface area contributed by atoms with Crippen LogP contribution in [0.5, 0.6) is 0 Å². The van der Waals surface area contributed by atoms with E-state index in [1.807, 2.05) is 12.1 Å². The highest BCUT2D eigenvalue weighted by molar-refractivity contribution is 6.33. The Labute approximate surface area is 175 Å². The van der Waals surface area contributed by atoms with Crippen molar-refractivity contribution in [1.82, 2.24) is 19.7 Å². The van der Waals surface area contributed by atoms with Crippen LogP contribution >= 0.6 is 11.6 Å². The Hall–Kier alpha value is -3.46. The molecule has 0 N–H and O–H groups in total. The normalized spacial score (nSPS) is 11.2. The molecule has 30 heavy (non-hydrogen) atoms. The highest BCUT2D eigenvalue weighted by atomic mass is 35.5. The van der Waals surface area contributed by atoms with Gasteiger partial charge in [0.2, 0.25) is 11.6 Å². The van der Waals surface area contributed by atoms with Gasteiger partial charge in [0.15, 0.2) is 0 Å². The summed E-state index contributed by atoms with van der Waals surface area (Å²) >= 11 is 6.23. The SMILES string of the molecule is CCOC(=O)c1noc2nc(C)n(Cc3nc(-c4ccccc4Cl)oc3C)c(=O)c12. The summed E-state index contributed by atoms with van der Waals surface area (Å²) < 4.78 is 17.1. The number of rotatable bonds is 5. The number of aryl methyl sites for hydroxylation is 2. The van der Waals surface area contributed by atoms with Crippen molar-refractivity contribution in [2.24, 2.45) is 0 Å². The van der Waals surface area contributed by atoms with Crippen LogP contribution in [0.1, 0.15) is 34.7 Å². The average Bonchev–Trinajstić information content (AvgIpc) is 3.29. The lowest BCUT2D eigenvalue weighted by molar-refractivity contribution is 0.0516. The molecular formula is C20H17ClN4O5. The molecule has 154 valence electrons. The van der Waals surface area contributed by atoms with Gasteiger partial charge in [0.1, 0.15) is 22.7 Å². The first-order valence-electron chi connectivity index (χ1n) is 9.15. The van der Waals surface area contributed by atoms with E-state index in [2.05, 4.69) is 15.1 Å². The van der Waals surface area contributed by atoms with E-state index in [1.165, 1.54) is 4.57 Å². The number of hydrogen-bond donors (Lipinski definition) is 0. The summed E-state index contributed by atoms with van der Waals surface area (Å²) in [5.74, 6) is 0.516. The number of oxazole rings is 1. The quantitative estimate of drug-likeness (QED) is 0.443. The van der Waals surface area contributed by atoms with Crippen molar-refractivity contribution in [3.05, 3.63) is 62.6 Å². The predicted molar refractivity (Wildman–Crippen MR) is 108 cm³/mol. The molecule has 9 nitrogen and oxygen atoms in total. The molecule has 4 aromatic rings. The summed E-state index contributed by atoms with van der Waals surface area (Å²) in [6.45, 7) is 5.28. The van der Waals surface area contributed by atoms with Gasteiger partial charge < -0.3 is 13.7 Å². The first kappa shape index (κ1) is 19.8. The van der Waals surface area contributed by atoms with Gasteiger partial charge in [-0.15, -0.1) is 0 Å². The molecular weight excluding hydrogens is 412 g/mol. The fourth-order valence-electron chi connectivity index (χ4n) is 3.04. The number of ether oxygens (including phenoxy) is 1. The van der Waals surface area contributed by atoms with E-state index in [-0.39, 0.29) is 29.9 Å². The highest BCUT2D eigenvalue weighted by Gasteiger charge is 2.24. The standard InChI is InChI=1S/C20H17ClN4O5/c1-4-28-20(27)16-15-18(30-24-16)22-11(3)25(19(15)26)9-14-10(2)29-17(23-14)12-7-5-6-8-13(12)21/h5-8H,4,9H2,1-3H3. The lowest BCUT2D eigenvalue weighted by Gasteiger charge is -2.07. The van der Waals surface area contributed by atoms with Crippen molar-refractivity contribution in [2.75, 3.05) is 6.61 Å². The van der Waals surface area contributed by atoms with Gasteiger partial charge in [-0.3, -0.25) is 9.36 Å². The average molecular weight is 429 g/mol. The number of fused-ring (bicyclic) bond motifs is 1. The van der Waals surface area contributed by atoms with Crippen LogP contribution in [0.3, 0.4) is 0 Å². The molecule has 3 heterocycles. The van der Waals surface area contributed by atoms with Crippen LogP contribution < -0.4 is 5.56 Å². The minimum absolute atomic E-state index is 0.0227. The maximum atomic E-state index is 13.1. The summed E-state index contributed by atoms with van der Waals surface area (Å²) in [4.78, 5) is 34.0. The largest absolute Gasteiger partial charge is 0.461 e. The molecule has 4 rings (SSSR count). The van der Waals surface area contributed by atoms with Gasteiger partial charge in [-0.2, -0.15) is 4.98 Å². The second-order valence-corrected chi connectivity index (χ2v) is 6.89. The molecule has 0 saturated carbocycles. The van der Waals surface area contributed by atoms with Crippen LogP contribution in [0.25, 0.3) is 22.6 Å². The third kappa shape index (κ3) is 3.37. The molecule has 0 bridgehead atoms. The van der Waals surface area contributed by atoms with Gasteiger partial charge in [-0.25, -0.2) is 9.78 Å². The first-order chi connectivity index (χ1) is 14.4. The summed E-state index contributed by atoms with van der Waals surface area (Å²) in [5.41, 5.74) is 0.473. The van der Waals surface area contributed by atoms with Crippen molar-refractivity contribution in [3.63, 3.8) is 0 Å². The minimum atomic E-state index is -0.746. The van der Waals surface area contributed by atoms with Crippen LogP contribution in [-0.4, -0.2) is 32.3 Å². The van der Waals surface area contributed by atoms with Gasteiger partial charge in [-0.05, 0) is 32.9 Å². The molecule has 3 aromatic heterocycles. The minimum Gasteiger partial charge on any atom is -0.461 e. The molecule has 0 saturated heterocycles. The molecule has 0 aliphatic carbocycles. The van der Waals surface area contributed by atoms with Crippen molar-refractivity contribution in [2.45, 2.75) is 27.3 Å². The number of aromatic nitrogens is 4. The number of carbonyl (C=O) groups excluding carboxylic acids is 1. The molecule has 0 radical (unpaired) electrons. The summed E-state index contributed by atoms with van der Waals surface area (Å²) in [7, 11) is 0. The Balaban J connectivity index is 1.78. The molecule has 10 heteroatoms. The number of halogens is 1. The second-order valence-electron chi connectivity index (χ2n) is 6.48. The third-order valence-electron chi connectivity index (χ3n) is 4.56. The van der Waals surface area contributed by atoms with E-state index in [1.54, 1.807) is 32.9 Å². The number of esters is 1. The molecule has 0 aliphatic heterocycles. The molecule has 0 spiro atoms. The molecule has 0 unspecified atom stereocenters. The zero-order chi connectivity index (χ0) is 21.4. The first-order valence-corrected chi connectivity index (χ1v) is 9.53. The number of carbonyl (C=O) groups is 1. The van der Waals surface area contributed by atoms with Crippen molar-refractivity contribution in [1.29, 1.82) is 0 Å². The van der Waals surface area contributed by atoms with Crippen LogP contribution in [0.4, 0.5) is 0 Å². The monoisotopic (exact) mass is 428 g/mol. The predicted octanol–water partition coefficient (Wildman–Crippen LogP) is 3.53. The van der Waals surface area contributed by atoms with Crippen molar-refractivity contribution >= 4 is 28.7 Å². The highest BCUT2D eigenvalue weighted by Crippen LogP contribution is 2.28. The zero-order valence-electron chi connectivity index (χ0n) is 16.4. The van der Waals surface area contributed by atoms with E-state index in [4.69, 9.17) is 25.3 Å². The summed E-state index contributed by atoms with van der Waals surface area (Å²) in [6.07, 6.45) is 0. The Morgan fingerprint density at radius 1 is 1.23 bits per heavy atom. The summed E-state index contributed by atoms with van der Waals surface area (Å²) in [5, 5.41) is 4.13. The third-order valence-corrected chi connectivity index (χ3v) is 4.89. The molecule has 0 atom stereocenters. The number of nitrogens with zero attached hydrogens (tertiary/aromatic N) is 4. The van der Waals surface area contributed by atoms with E-state index >= 15 is 0 Å². The van der Waals surface area contributed by atoms with Crippen LogP contribution in [-0.2, 0) is 11.3 Å². The maximum Gasteiger partial charge on any atom is 0.361 e. The Morgan fingerprint density at radius 3 is 2.73 bits per heavy atom. The molecule has 0 aliphatic rings. The topological polar surface area (TPSA) is 113 Å². The molecule has 1 aromatic carbocycles. The Bertz CT molecular complexity index is 1320. The Kier molecular flexibility index (Phi) is 5.13. The van der Waals surface area contributed by atoms with E-state index < -0.39 is 11.5 Å². The van der Waals surface area contributed by atoms with E-state index in [9.17, 15) is 9.59 Å². The smallest absolute Gasteiger partial charge is 0.361 e. The van der Waals surface area contributed by atoms with E-state index in [0.717, 1.165) is 0 Å². The second kappa shape index (κ2) is 7.75. The van der Waals surface area contributed by atoms with Crippen LogP contribution in [0.15, 0.2) is 38.0 Å². The molecule has 0 fully saturated rings. The lowest BCUT2D eigenvalue weighted by Crippen LogP contribution is -2.25. The van der Waals surface area contributed by atoms with Crippen LogP contribution in [0, 0.1) is 13.8 Å². The fraction of sp³-hybridized carbons (Fsp3) is 0.250. The van der Waals surface area contributed by atoms with Gasteiger partial charge >= 0.3 is 5.97 Å². The van der Waals surface area contributed by atoms with Gasteiger partial charge in [-0.1, -0.05) is 28.9 Å². The van der Waals surface area contributed by atoms with Gasteiger partial charge in [0.05, 0.1) is 23.7 Å². The maximum absolute atomic E-state index is 13.1. The van der Waals surface area contributed by atoms with Crippen molar-refractivity contribution in [3.8, 4) is 11.5 Å². The number of hydrogen-bond acceptors (Lipinski definition) is 8. The number of benzene rings is 1. The van der Waals surface area contributed by atoms with Crippen LogP contribution in [0.2, 0.25) is 5.02 Å². The van der Waals surface area contributed by atoms with E-state index in [0.29, 0.717) is 33.8 Å². The van der Waals surface area contributed by atoms with Gasteiger partial charge in [0, 0.05) is 0 Å². The van der Waals surface area contributed by atoms with Gasteiger partial charge in [0.25, 0.3) is 11.3 Å². The Morgan fingerprint density at radius 2 is 2.00 bits per heavy atom. The lowest BCUT2D eigenvalue weighted by atomic mass is 10.2. The van der Waals surface area contributed by atoms with Crippen molar-refractivity contribution < 1.29 is 18.5 Å². The molecule has 0 amide bonds.